The maximum absolute atomic E-state index is 14.0. The van der Waals surface area contributed by atoms with Crippen LogP contribution in [0.4, 0.5) is 10.1 Å². The van der Waals surface area contributed by atoms with E-state index in [0.717, 1.165) is 22.6 Å². The molecule has 0 radical (unpaired) electrons. The van der Waals surface area contributed by atoms with Gasteiger partial charge < -0.3 is 29.4 Å². The summed E-state index contributed by atoms with van der Waals surface area (Å²) in [7, 11) is -6.52. The van der Waals surface area contributed by atoms with Gasteiger partial charge in [0.05, 0.1) is 18.0 Å². The second-order valence-corrected chi connectivity index (χ2v) is 26.9. The van der Waals surface area contributed by atoms with Crippen LogP contribution in [0.1, 0.15) is 11.7 Å². The maximum Gasteiger partial charge on any atom is 0.258 e. The Labute approximate surface area is 271 Å². The molecule has 1 amide bonds. The van der Waals surface area contributed by atoms with Gasteiger partial charge in [-0.3, -0.25) is 4.79 Å². The molecule has 0 aliphatic heterocycles. The molecule has 44 heavy (non-hydrogen) atoms. The number of rotatable bonds is 19. The highest BCUT2D eigenvalue weighted by atomic mass is 79.9. The second kappa shape index (κ2) is 17.1. The summed E-state index contributed by atoms with van der Waals surface area (Å²) in [5, 5.41) is 13.4. The normalized spacial score (nSPS) is 13.0. The lowest BCUT2D eigenvalue weighted by atomic mass is 10.1. The van der Waals surface area contributed by atoms with E-state index in [1.54, 1.807) is 18.2 Å². The Morgan fingerprint density at radius 2 is 1.59 bits per heavy atom. The summed E-state index contributed by atoms with van der Waals surface area (Å²) in [6, 6.07) is 10.6. The minimum Gasteiger partial charge on any atom is -0.481 e. The smallest absolute Gasteiger partial charge is 0.258 e. The van der Waals surface area contributed by atoms with Crippen LogP contribution in [0.5, 0.6) is 11.5 Å². The van der Waals surface area contributed by atoms with Crippen molar-refractivity contribution in [3.63, 3.8) is 0 Å². The summed E-state index contributed by atoms with van der Waals surface area (Å²) in [6.45, 7) is 13.3. The number of carbonyl (C=O) groups is 1. The zero-order valence-electron chi connectivity index (χ0n) is 26.6. The van der Waals surface area contributed by atoms with E-state index in [2.05, 4.69) is 60.5 Å². The number of hydrogen-bond acceptors (Lipinski definition) is 8. The van der Waals surface area contributed by atoms with Crippen molar-refractivity contribution in [1.29, 1.82) is 0 Å². The molecule has 15 heteroatoms. The van der Waals surface area contributed by atoms with E-state index in [1.165, 1.54) is 18.2 Å². The molecular formula is C29H46BrFN2O8SSi2. The first-order valence-corrected chi connectivity index (χ1v) is 24.3. The highest BCUT2D eigenvalue weighted by molar-refractivity contribution is 9.10. The Morgan fingerprint density at radius 3 is 2.18 bits per heavy atom. The molecule has 2 N–H and O–H groups in total. The van der Waals surface area contributed by atoms with Crippen molar-refractivity contribution >= 4 is 53.7 Å². The maximum atomic E-state index is 14.0. The Balaban J connectivity index is 2.17. The molecule has 0 saturated carbocycles. The highest BCUT2D eigenvalue weighted by Gasteiger charge is 2.24. The topological polar surface area (TPSA) is 124 Å². The van der Waals surface area contributed by atoms with Gasteiger partial charge in [-0.1, -0.05) is 61.3 Å². The summed E-state index contributed by atoms with van der Waals surface area (Å²) < 4.78 is 63.9. The Bertz CT molecular complexity index is 1340. The van der Waals surface area contributed by atoms with E-state index in [4.69, 9.17) is 18.9 Å². The van der Waals surface area contributed by atoms with Gasteiger partial charge >= 0.3 is 0 Å². The molecule has 2 aromatic rings. The molecule has 10 nitrogen and oxygen atoms in total. The fourth-order valence-electron chi connectivity index (χ4n) is 3.59. The lowest BCUT2D eigenvalue weighted by Crippen LogP contribution is -2.34. The first-order valence-electron chi connectivity index (χ1n) is 14.3. The van der Waals surface area contributed by atoms with Gasteiger partial charge in [0, 0.05) is 40.4 Å². The standard InChI is InChI=1S/C29H46BrFN2O8SSi2/c1-42(36,37)33(20-38-12-14-43(2,3)4)25-16-22(8-10-28(25)41-21-39-13-15-44(5,6)7)26(34)18-32-29(35)19-40-27-11-9-23(30)17-24(27)31/h8-11,16-17,26,34H,12-15,18-21H2,1-7H3,(H,32,35)/t26-/m1/s1. The van der Waals surface area contributed by atoms with Gasteiger partial charge in [0.1, 0.15) is 12.5 Å². The number of nitrogens with one attached hydrogen (secondary N) is 1. The van der Waals surface area contributed by atoms with E-state index < -0.39 is 50.6 Å². The van der Waals surface area contributed by atoms with E-state index in [1.807, 2.05) is 0 Å². The molecule has 0 aliphatic carbocycles. The van der Waals surface area contributed by atoms with Crippen molar-refractivity contribution in [2.24, 2.45) is 0 Å². The Kier molecular flexibility index (Phi) is 14.8. The van der Waals surface area contributed by atoms with Gasteiger partial charge in [0.15, 0.2) is 25.0 Å². The fourth-order valence-corrected chi connectivity index (χ4v) is 6.20. The number of sulfonamides is 1. The third-order valence-electron chi connectivity index (χ3n) is 6.28. The largest absolute Gasteiger partial charge is 0.481 e. The average Bonchev–Trinajstić information content (AvgIpc) is 2.89. The zero-order valence-corrected chi connectivity index (χ0v) is 31.0. The molecule has 0 saturated heterocycles. The van der Waals surface area contributed by atoms with E-state index in [-0.39, 0.29) is 37.3 Å². The molecular weight excluding hydrogens is 691 g/mol. The van der Waals surface area contributed by atoms with Gasteiger partial charge in [-0.25, -0.2) is 17.1 Å². The van der Waals surface area contributed by atoms with Gasteiger partial charge in [-0.15, -0.1) is 0 Å². The van der Waals surface area contributed by atoms with Crippen molar-refractivity contribution in [1.82, 2.24) is 5.32 Å². The van der Waals surface area contributed by atoms with Crippen molar-refractivity contribution in [2.45, 2.75) is 57.5 Å². The van der Waals surface area contributed by atoms with Crippen LogP contribution in [0.3, 0.4) is 0 Å². The molecule has 0 fully saturated rings. The summed E-state index contributed by atoms with van der Waals surface area (Å²) in [6.07, 6.45) is -0.126. The van der Waals surface area contributed by atoms with Gasteiger partial charge in [-0.05, 0) is 48.0 Å². The van der Waals surface area contributed by atoms with Crippen LogP contribution in [0.25, 0.3) is 0 Å². The van der Waals surface area contributed by atoms with Gasteiger partial charge in [0.2, 0.25) is 10.0 Å². The van der Waals surface area contributed by atoms with Gasteiger partial charge in [0.25, 0.3) is 5.91 Å². The Morgan fingerprint density at radius 1 is 0.977 bits per heavy atom. The summed E-state index contributed by atoms with van der Waals surface area (Å²) in [5.41, 5.74) is 0.508. The summed E-state index contributed by atoms with van der Waals surface area (Å²) >= 11 is 3.16. The molecule has 0 spiro atoms. The average molecular weight is 738 g/mol. The number of ether oxygens (including phenoxy) is 4. The van der Waals surface area contributed by atoms with Crippen molar-refractivity contribution < 1.29 is 41.7 Å². The molecule has 0 aromatic heterocycles. The third kappa shape index (κ3) is 14.4. The number of halogens is 2. The minimum absolute atomic E-state index is 0.0809. The van der Waals surface area contributed by atoms with Crippen LogP contribution in [-0.4, -0.2) is 81.7 Å². The zero-order chi connectivity index (χ0) is 33.1. The first-order chi connectivity index (χ1) is 20.4. The highest BCUT2D eigenvalue weighted by Crippen LogP contribution is 2.33. The van der Waals surface area contributed by atoms with Crippen LogP contribution in [-0.2, 0) is 24.3 Å². The predicted octanol–water partition coefficient (Wildman–Crippen LogP) is 5.59. The van der Waals surface area contributed by atoms with E-state index in [9.17, 15) is 22.7 Å². The molecule has 2 aromatic carbocycles. The lowest BCUT2D eigenvalue weighted by molar-refractivity contribution is -0.123. The number of nitrogens with zero attached hydrogens (tertiary/aromatic N) is 1. The predicted molar refractivity (Wildman–Crippen MR) is 180 cm³/mol. The molecule has 0 aliphatic rings. The second-order valence-electron chi connectivity index (χ2n) is 12.9. The number of anilines is 1. The molecule has 1 atom stereocenters. The molecule has 248 valence electrons. The third-order valence-corrected chi connectivity index (χ3v) is 11.3. The van der Waals surface area contributed by atoms with Crippen LogP contribution in [0.2, 0.25) is 51.4 Å². The number of aliphatic hydroxyl groups excluding tert-OH is 1. The molecule has 2 rings (SSSR count). The molecule has 0 heterocycles. The van der Waals surface area contributed by atoms with Gasteiger partial charge in [-0.2, -0.15) is 0 Å². The van der Waals surface area contributed by atoms with Crippen molar-refractivity contribution in [3.8, 4) is 11.5 Å². The van der Waals surface area contributed by atoms with Crippen LogP contribution < -0.4 is 19.1 Å². The summed E-state index contributed by atoms with van der Waals surface area (Å²) in [5.74, 6) is -1.04. The Hall–Kier alpha value is -2.02. The number of benzene rings is 2. The number of carbonyl (C=O) groups excluding carboxylic acids is 1. The first kappa shape index (κ1) is 38.2. The lowest BCUT2D eigenvalue weighted by Gasteiger charge is -2.26. The minimum atomic E-state index is -3.82. The summed E-state index contributed by atoms with van der Waals surface area (Å²) in [4.78, 5) is 12.3. The number of hydrogen-bond donors (Lipinski definition) is 2. The van der Waals surface area contributed by atoms with Crippen LogP contribution >= 0.6 is 15.9 Å². The van der Waals surface area contributed by atoms with E-state index in [0.29, 0.717) is 23.2 Å². The number of aliphatic hydroxyl groups is 1. The van der Waals surface area contributed by atoms with Crippen molar-refractivity contribution in [2.75, 3.05) is 50.5 Å². The SMILES string of the molecule is C[Si](C)(C)CCOCOc1ccc([C@H](O)CNC(=O)COc2ccc(Br)cc2F)cc1N(COCC[Si](C)(C)C)S(C)(=O)=O. The monoisotopic (exact) mass is 736 g/mol. The number of amides is 1. The quantitative estimate of drug-likeness (QED) is 0.109. The van der Waals surface area contributed by atoms with Crippen molar-refractivity contribution in [3.05, 3.63) is 52.3 Å². The molecule has 0 bridgehead atoms. The van der Waals surface area contributed by atoms with Crippen LogP contribution in [0.15, 0.2) is 40.9 Å². The van der Waals surface area contributed by atoms with E-state index >= 15 is 0 Å². The fraction of sp³-hybridized carbons (Fsp3) is 0.552. The van der Waals surface area contributed by atoms with Crippen LogP contribution in [0, 0.1) is 5.82 Å². The molecule has 0 unspecified atom stereocenters.